The summed E-state index contributed by atoms with van der Waals surface area (Å²) in [6, 6.07) is 11.3. The van der Waals surface area contributed by atoms with E-state index in [1.165, 1.54) is 31.2 Å². The number of aryl methyl sites for hydroxylation is 1. The second-order valence-corrected chi connectivity index (χ2v) is 4.23. The van der Waals surface area contributed by atoms with Crippen molar-refractivity contribution in [3.8, 4) is 0 Å². The molecule has 1 aromatic carbocycles. The van der Waals surface area contributed by atoms with Crippen LogP contribution in [0.15, 0.2) is 30.3 Å². The molecule has 0 amide bonds. The molecule has 3 N–H and O–H groups in total. The van der Waals surface area contributed by atoms with Crippen molar-refractivity contribution in [2.45, 2.75) is 38.6 Å². The second kappa shape index (κ2) is 8.31. The average molecular weight is 220 g/mol. The number of hydrogen-bond donors (Lipinski definition) is 2. The molecule has 1 aromatic rings. The van der Waals surface area contributed by atoms with E-state index in [1.54, 1.807) is 0 Å². The van der Waals surface area contributed by atoms with E-state index in [4.69, 9.17) is 5.73 Å². The zero-order chi connectivity index (χ0) is 11.6. The lowest BCUT2D eigenvalue weighted by molar-refractivity contribution is 0.461. The zero-order valence-corrected chi connectivity index (χ0v) is 10.3. The van der Waals surface area contributed by atoms with Crippen molar-refractivity contribution in [2.75, 3.05) is 13.1 Å². The highest BCUT2D eigenvalue weighted by Gasteiger charge is 2.04. The van der Waals surface area contributed by atoms with E-state index in [-0.39, 0.29) is 0 Å². The van der Waals surface area contributed by atoms with E-state index in [1.807, 2.05) is 0 Å². The average Bonchev–Trinajstić information content (AvgIpc) is 2.35. The van der Waals surface area contributed by atoms with Crippen LogP contribution in [-0.2, 0) is 6.42 Å². The third kappa shape index (κ3) is 5.29. The molecule has 0 bridgehead atoms. The first-order valence-corrected chi connectivity index (χ1v) is 6.34. The summed E-state index contributed by atoms with van der Waals surface area (Å²) in [6.07, 6.45) is 4.86. The van der Waals surface area contributed by atoms with Crippen molar-refractivity contribution >= 4 is 0 Å². The van der Waals surface area contributed by atoms with Crippen LogP contribution in [0, 0.1) is 0 Å². The van der Waals surface area contributed by atoms with Crippen molar-refractivity contribution < 1.29 is 0 Å². The van der Waals surface area contributed by atoms with E-state index in [0.29, 0.717) is 6.04 Å². The Morgan fingerprint density at radius 2 is 2.00 bits per heavy atom. The molecule has 0 aliphatic rings. The summed E-state index contributed by atoms with van der Waals surface area (Å²) in [5, 5.41) is 3.48. The number of nitrogens with one attached hydrogen (secondary N) is 1. The van der Waals surface area contributed by atoms with Gasteiger partial charge >= 0.3 is 0 Å². The summed E-state index contributed by atoms with van der Waals surface area (Å²) in [5.41, 5.74) is 6.93. The van der Waals surface area contributed by atoms with Gasteiger partial charge in [0, 0.05) is 19.1 Å². The summed E-state index contributed by atoms with van der Waals surface area (Å²) >= 11 is 0. The van der Waals surface area contributed by atoms with Gasteiger partial charge in [-0.1, -0.05) is 37.3 Å². The van der Waals surface area contributed by atoms with Crippen LogP contribution in [0.3, 0.4) is 0 Å². The summed E-state index contributed by atoms with van der Waals surface area (Å²) in [4.78, 5) is 0. The maximum atomic E-state index is 5.49. The smallest absolute Gasteiger partial charge is 0.00770 e. The fraction of sp³-hybridized carbons (Fsp3) is 0.571. The largest absolute Gasteiger partial charge is 0.329 e. The topological polar surface area (TPSA) is 38.0 Å². The predicted molar refractivity (Wildman–Crippen MR) is 70.5 cm³/mol. The maximum Gasteiger partial charge on any atom is 0.00770 e. The maximum absolute atomic E-state index is 5.49. The van der Waals surface area contributed by atoms with Gasteiger partial charge in [-0.3, -0.25) is 0 Å². The van der Waals surface area contributed by atoms with Gasteiger partial charge in [-0.2, -0.15) is 0 Å². The minimum Gasteiger partial charge on any atom is -0.329 e. The van der Waals surface area contributed by atoms with Crippen molar-refractivity contribution in [3.63, 3.8) is 0 Å². The molecule has 1 unspecified atom stereocenters. The van der Waals surface area contributed by atoms with E-state index in [2.05, 4.69) is 42.6 Å². The third-order valence-electron chi connectivity index (χ3n) is 2.93. The van der Waals surface area contributed by atoms with Gasteiger partial charge < -0.3 is 11.1 Å². The Kier molecular flexibility index (Phi) is 6.86. The summed E-state index contributed by atoms with van der Waals surface area (Å²) in [7, 11) is 0. The highest BCUT2D eigenvalue weighted by molar-refractivity contribution is 5.14. The molecule has 2 nitrogen and oxygen atoms in total. The molecule has 1 rings (SSSR count). The Morgan fingerprint density at radius 3 is 2.62 bits per heavy atom. The number of nitrogens with two attached hydrogens (primary N) is 1. The molecule has 0 aliphatic carbocycles. The third-order valence-corrected chi connectivity index (χ3v) is 2.93. The Hall–Kier alpha value is -0.860. The Morgan fingerprint density at radius 1 is 1.25 bits per heavy atom. The van der Waals surface area contributed by atoms with Gasteiger partial charge in [-0.25, -0.2) is 0 Å². The molecule has 0 heterocycles. The lowest BCUT2D eigenvalue weighted by Gasteiger charge is -2.16. The molecule has 1 atom stereocenters. The first-order chi connectivity index (χ1) is 7.86. The molecule has 0 fully saturated rings. The first kappa shape index (κ1) is 13.2. The van der Waals surface area contributed by atoms with Gasteiger partial charge in [-0.05, 0) is 31.2 Å². The molecule has 16 heavy (non-hydrogen) atoms. The van der Waals surface area contributed by atoms with Gasteiger partial charge in [0.1, 0.15) is 0 Å². The SMILES string of the molecule is CCC(CCCc1ccccc1)NCCN. The predicted octanol–water partition coefficient (Wildman–Crippen LogP) is 2.34. The Labute approximate surface area is 99.2 Å². The van der Waals surface area contributed by atoms with Crippen molar-refractivity contribution in [1.29, 1.82) is 0 Å². The van der Waals surface area contributed by atoms with Gasteiger partial charge in [-0.15, -0.1) is 0 Å². The fourth-order valence-corrected chi connectivity index (χ4v) is 1.94. The number of benzene rings is 1. The van der Waals surface area contributed by atoms with Gasteiger partial charge in [0.2, 0.25) is 0 Å². The van der Waals surface area contributed by atoms with Gasteiger partial charge in [0.15, 0.2) is 0 Å². The quantitative estimate of drug-likeness (QED) is 0.705. The molecule has 90 valence electrons. The van der Waals surface area contributed by atoms with Crippen molar-refractivity contribution in [1.82, 2.24) is 5.32 Å². The molecular formula is C14H24N2. The molecule has 0 radical (unpaired) electrons. The number of rotatable bonds is 8. The van der Waals surface area contributed by atoms with Crippen LogP contribution >= 0.6 is 0 Å². The minimum absolute atomic E-state index is 0.632. The Bertz CT molecular complexity index is 259. The van der Waals surface area contributed by atoms with Crippen LogP contribution < -0.4 is 11.1 Å². The summed E-state index contributed by atoms with van der Waals surface area (Å²) in [5.74, 6) is 0. The van der Waals surface area contributed by atoms with Crippen LogP contribution in [0.1, 0.15) is 31.7 Å². The molecule has 0 saturated heterocycles. The van der Waals surface area contributed by atoms with Gasteiger partial charge in [0.05, 0.1) is 0 Å². The molecule has 0 aliphatic heterocycles. The van der Waals surface area contributed by atoms with E-state index in [0.717, 1.165) is 13.1 Å². The van der Waals surface area contributed by atoms with Crippen LogP contribution in [0.25, 0.3) is 0 Å². The monoisotopic (exact) mass is 220 g/mol. The van der Waals surface area contributed by atoms with E-state index >= 15 is 0 Å². The molecule has 0 spiro atoms. The first-order valence-electron chi connectivity index (χ1n) is 6.34. The Balaban J connectivity index is 2.18. The molecule has 0 saturated carbocycles. The molecule has 2 heteroatoms. The van der Waals surface area contributed by atoms with E-state index < -0.39 is 0 Å². The second-order valence-electron chi connectivity index (χ2n) is 4.23. The standard InChI is InChI=1S/C14H24N2/c1-2-14(16-12-11-15)10-6-9-13-7-4-3-5-8-13/h3-5,7-8,14,16H,2,6,9-12,15H2,1H3. The number of hydrogen-bond acceptors (Lipinski definition) is 2. The molecule has 0 aromatic heterocycles. The van der Waals surface area contributed by atoms with Crippen LogP contribution in [0.4, 0.5) is 0 Å². The van der Waals surface area contributed by atoms with Crippen molar-refractivity contribution in [3.05, 3.63) is 35.9 Å². The summed E-state index contributed by atoms with van der Waals surface area (Å²) < 4.78 is 0. The van der Waals surface area contributed by atoms with Gasteiger partial charge in [0.25, 0.3) is 0 Å². The minimum atomic E-state index is 0.632. The van der Waals surface area contributed by atoms with Crippen LogP contribution in [-0.4, -0.2) is 19.1 Å². The summed E-state index contributed by atoms with van der Waals surface area (Å²) in [6.45, 7) is 3.90. The van der Waals surface area contributed by atoms with Crippen LogP contribution in [0.5, 0.6) is 0 Å². The normalized spacial score (nSPS) is 12.6. The van der Waals surface area contributed by atoms with Crippen LogP contribution in [0.2, 0.25) is 0 Å². The lowest BCUT2D eigenvalue weighted by Crippen LogP contribution is -2.32. The highest BCUT2D eigenvalue weighted by atomic mass is 14.9. The zero-order valence-electron chi connectivity index (χ0n) is 10.3. The van der Waals surface area contributed by atoms with E-state index in [9.17, 15) is 0 Å². The molecular weight excluding hydrogens is 196 g/mol. The fourth-order valence-electron chi connectivity index (χ4n) is 1.94. The highest BCUT2D eigenvalue weighted by Crippen LogP contribution is 2.08. The van der Waals surface area contributed by atoms with Crippen molar-refractivity contribution in [2.24, 2.45) is 5.73 Å². The lowest BCUT2D eigenvalue weighted by atomic mass is 10.0.